The van der Waals surface area contributed by atoms with E-state index in [2.05, 4.69) is 5.32 Å². The Kier molecular flexibility index (Phi) is 5.73. The van der Waals surface area contributed by atoms with Gasteiger partial charge in [0.1, 0.15) is 17.3 Å². The van der Waals surface area contributed by atoms with Crippen LogP contribution in [0.15, 0.2) is 42.5 Å². The van der Waals surface area contributed by atoms with Crippen molar-refractivity contribution in [2.45, 2.75) is 0 Å². The Morgan fingerprint density at radius 2 is 1.75 bits per heavy atom. The average Bonchev–Trinajstić information content (AvgIpc) is 2.60. The minimum atomic E-state index is -0.720. The summed E-state index contributed by atoms with van der Waals surface area (Å²) in [5.74, 6) is -0.752. The van der Waals surface area contributed by atoms with Crippen LogP contribution in [0.5, 0.6) is 11.5 Å². The van der Waals surface area contributed by atoms with Gasteiger partial charge in [-0.3, -0.25) is 4.79 Å². The number of ether oxygens (including phenoxy) is 3. The number of rotatable bonds is 6. The van der Waals surface area contributed by atoms with Crippen molar-refractivity contribution in [3.8, 4) is 11.5 Å². The summed E-state index contributed by atoms with van der Waals surface area (Å²) in [5, 5.41) is 2.57. The van der Waals surface area contributed by atoms with Gasteiger partial charge in [0.05, 0.1) is 25.5 Å². The fourth-order valence-electron chi connectivity index (χ4n) is 1.90. The lowest BCUT2D eigenvalue weighted by Crippen LogP contribution is -2.21. The molecule has 126 valence electrons. The summed E-state index contributed by atoms with van der Waals surface area (Å²) in [6.07, 6.45) is 0. The monoisotopic (exact) mass is 333 g/mol. The van der Waals surface area contributed by atoms with Crippen LogP contribution >= 0.6 is 0 Å². The van der Waals surface area contributed by atoms with Crippen molar-refractivity contribution >= 4 is 17.6 Å². The predicted molar refractivity (Wildman–Crippen MR) is 84.9 cm³/mol. The molecule has 0 aromatic heterocycles. The van der Waals surface area contributed by atoms with Crippen molar-refractivity contribution < 1.29 is 28.2 Å². The number of halogens is 1. The van der Waals surface area contributed by atoms with E-state index in [-0.39, 0.29) is 5.56 Å². The number of nitrogens with one attached hydrogen (secondary N) is 1. The summed E-state index contributed by atoms with van der Waals surface area (Å²) in [7, 11) is 2.96. The Morgan fingerprint density at radius 1 is 1.04 bits per heavy atom. The highest BCUT2D eigenvalue weighted by Gasteiger charge is 2.13. The van der Waals surface area contributed by atoms with Crippen LogP contribution in [0.25, 0.3) is 0 Å². The van der Waals surface area contributed by atoms with Gasteiger partial charge in [0.25, 0.3) is 5.91 Å². The van der Waals surface area contributed by atoms with Crippen molar-refractivity contribution in [1.82, 2.24) is 0 Å². The molecule has 2 aromatic carbocycles. The van der Waals surface area contributed by atoms with E-state index in [9.17, 15) is 14.0 Å². The second-order valence-corrected chi connectivity index (χ2v) is 4.70. The lowest BCUT2D eigenvalue weighted by atomic mass is 10.2. The zero-order chi connectivity index (χ0) is 17.5. The summed E-state index contributed by atoms with van der Waals surface area (Å²) < 4.78 is 27.9. The lowest BCUT2D eigenvalue weighted by Gasteiger charge is -2.12. The number of carbonyl (C=O) groups excluding carboxylic acids is 2. The molecule has 24 heavy (non-hydrogen) atoms. The number of hydrogen-bond donors (Lipinski definition) is 1. The maximum absolute atomic E-state index is 12.8. The van der Waals surface area contributed by atoms with Gasteiger partial charge in [-0.2, -0.15) is 0 Å². The summed E-state index contributed by atoms with van der Waals surface area (Å²) in [5.41, 5.74) is 0.544. The Bertz CT molecular complexity index is 730. The first kappa shape index (κ1) is 17.3. The number of esters is 1. The molecule has 1 amide bonds. The van der Waals surface area contributed by atoms with Gasteiger partial charge in [0, 0.05) is 6.07 Å². The predicted octanol–water partition coefficient (Wildman–Crippen LogP) is 2.64. The normalized spacial score (nSPS) is 9.96. The van der Waals surface area contributed by atoms with E-state index < -0.39 is 24.3 Å². The summed E-state index contributed by atoms with van der Waals surface area (Å²) in [6.45, 7) is -0.490. The molecule has 0 heterocycles. The standard InChI is InChI=1S/C17H16FNO5/c1-22-13-7-8-15(23-2)14(9-13)19-16(20)10-24-17(21)11-3-5-12(18)6-4-11/h3-9H,10H2,1-2H3,(H,19,20). The number of carbonyl (C=O) groups is 2. The van der Waals surface area contributed by atoms with E-state index in [0.717, 1.165) is 12.1 Å². The lowest BCUT2D eigenvalue weighted by molar-refractivity contribution is -0.119. The molecule has 1 N–H and O–H groups in total. The minimum absolute atomic E-state index is 0.156. The number of methoxy groups -OCH3 is 2. The van der Waals surface area contributed by atoms with E-state index in [0.29, 0.717) is 17.2 Å². The molecule has 6 nitrogen and oxygen atoms in total. The third kappa shape index (κ3) is 4.45. The molecule has 0 saturated carbocycles. The molecule has 0 fully saturated rings. The molecule has 0 aliphatic heterocycles. The zero-order valence-electron chi connectivity index (χ0n) is 13.2. The topological polar surface area (TPSA) is 73.9 Å². The van der Waals surface area contributed by atoms with Gasteiger partial charge in [-0.15, -0.1) is 0 Å². The smallest absolute Gasteiger partial charge is 0.338 e. The molecule has 0 bridgehead atoms. The van der Waals surface area contributed by atoms with Crippen LogP contribution < -0.4 is 14.8 Å². The highest BCUT2D eigenvalue weighted by molar-refractivity contribution is 5.96. The fourth-order valence-corrected chi connectivity index (χ4v) is 1.90. The molecule has 0 spiro atoms. The average molecular weight is 333 g/mol. The van der Waals surface area contributed by atoms with Gasteiger partial charge in [0.2, 0.25) is 0 Å². The highest BCUT2D eigenvalue weighted by Crippen LogP contribution is 2.28. The third-order valence-corrected chi connectivity index (χ3v) is 3.10. The Hall–Kier alpha value is -3.09. The Labute approximate surface area is 138 Å². The van der Waals surface area contributed by atoms with Gasteiger partial charge in [-0.05, 0) is 36.4 Å². The first-order valence-corrected chi connectivity index (χ1v) is 6.98. The first-order valence-electron chi connectivity index (χ1n) is 6.98. The van der Waals surface area contributed by atoms with Gasteiger partial charge in [-0.25, -0.2) is 9.18 Å². The summed E-state index contributed by atoms with van der Waals surface area (Å²) in [4.78, 5) is 23.7. The zero-order valence-corrected chi connectivity index (χ0v) is 13.2. The molecule has 0 radical (unpaired) electrons. The largest absolute Gasteiger partial charge is 0.497 e. The summed E-state index contributed by atoms with van der Waals surface area (Å²) >= 11 is 0. The molecule has 0 atom stereocenters. The van der Waals surface area contributed by atoms with Crippen LogP contribution in [0.2, 0.25) is 0 Å². The quantitative estimate of drug-likeness (QED) is 0.823. The SMILES string of the molecule is COc1ccc(OC)c(NC(=O)COC(=O)c2ccc(F)cc2)c1. The molecule has 2 aromatic rings. The van der Waals surface area contributed by atoms with Crippen LogP contribution in [-0.2, 0) is 9.53 Å². The molecule has 0 unspecified atom stereocenters. The maximum atomic E-state index is 12.8. The second kappa shape index (κ2) is 7.96. The number of anilines is 1. The van der Waals surface area contributed by atoms with Crippen LogP contribution in [-0.4, -0.2) is 32.7 Å². The van der Waals surface area contributed by atoms with Crippen molar-refractivity contribution in [2.24, 2.45) is 0 Å². The van der Waals surface area contributed by atoms with Crippen LogP contribution in [0.3, 0.4) is 0 Å². The van der Waals surface area contributed by atoms with Crippen LogP contribution in [0, 0.1) is 5.82 Å². The van der Waals surface area contributed by atoms with Crippen LogP contribution in [0.1, 0.15) is 10.4 Å². The van der Waals surface area contributed by atoms with E-state index in [1.165, 1.54) is 26.4 Å². The molecule has 0 aliphatic rings. The van der Waals surface area contributed by atoms with Gasteiger partial charge in [-0.1, -0.05) is 0 Å². The number of hydrogen-bond acceptors (Lipinski definition) is 5. The van der Waals surface area contributed by atoms with Crippen molar-refractivity contribution in [2.75, 3.05) is 26.1 Å². The van der Waals surface area contributed by atoms with Crippen molar-refractivity contribution in [3.05, 3.63) is 53.8 Å². The first-order chi connectivity index (χ1) is 11.5. The molecular formula is C17H16FNO5. The van der Waals surface area contributed by atoms with Gasteiger partial charge < -0.3 is 19.5 Å². The maximum Gasteiger partial charge on any atom is 0.338 e. The second-order valence-electron chi connectivity index (χ2n) is 4.70. The molecule has 2 rings (SSSR count). The van der Waals surface area contributed by atoms with Gasteiger partial charge in [0.15, 0.2) is 6.61 Å². The molecule has 7 heteroatoms. The van der Waals surface area contributed by atoms with Crippen molar-refractivity contribution in [3.63, 3.8) is 0 Å². The van der Waals surface area contributed by atoms with Crippen LogP contribution in [0.4, 0.5) is 10.1 Å². The Morgan fingerprint density at radius 3 is 2.38 bits per heavy atom. The van der Waals surface area contributed by atoms with E-state index >= 15 is 0 Å². The molecular weight excluding hydrogens is 317 g/mol. The molecule has 0 aliphatic carbocycles. The highest BCUT2D eigenvalue weighted by atomic mass is 19.1. The summed E-state index contributed by atoms with van der Waals surface area (Å²) in [6, 6.07) is 9.73. The Balaban J connectivity index is 1.96. The minimum Gasteiger partial charge on any atom is -0.497 e. The third-order valence-electron chi connectivity index (χ3n) is 3.10. The number of benzene rings is 2. The van der Waals surface area contributed by atoms with E-state index in [1.807, 2.05) is 0 Å². The molecule has 0 saturated heterocycles. The fraction of sp³-hybridized carbons (Fsp3) is 0.176. The van der Waals surface area contributed by atoms with E-state index in [1.54, 1.807) is 18.2 Å². The van der Waals surface area contributed by atoms with E-state index in [4.69, 9.17) is 14.2 Å². The van der Waals surface area contributed by atoms with Crippen molar-refractivity contribution in [1.29, 1.82) is 0 Å². The number of amides is 1. The van der Waals surface area contributed by atoms with Gasteiger partial charge >= 0.3 is 5.97 Å².